The Morgan fingerprint density at radius 3 is 2.14 bits per heavy atom. The summed E-state index contributed by atoms with van der Waals surface area (Å²) in [5.74, 6) is 0.440. The molecule has 0 fully saturated rings. The molecule has 0 aromatic rings. The lowest BCUT2D eigenvalue weighted by atomic mass is 9.84. The fourth-order valence-electron chi connectivity index (χ4n) is 3.36. The van der Waals surface area contributed by atoms with Crippen molar-refractivity contribution in [2.75, 3.05) is 12.8 Å². The maximum absolute atomic E-state index is 12.6. The Balaban J connectivity index is 3.97. The van der Waals surface area contributed by atoms with Gasteiger partial charge in [-0.1, -0.05) is 54.4 Å². The third-order valence-electron chi connectivity index (χ3n) is 4.96. The van der Waals surface area contributed by atoms with Crippen LogP contribution in [0.3, 0.4) is 0 Å². The first-order chi connectivity index (χ1) is 13.1. The van der Waals surface area contributed by atoms with E-state index in [1.807, 2.05) is 32.5 Å². The average Bonchev–Trinajstić information content (AvgIpc) is 2.61. The second kappa shape index (κ2) is 15.3. The molecule has 0 spiro atoms. The summed E-state index contributed by atoms with van der Waals surface area (Å²) in [4.78, 5) is 24.6. The second-order valence-corrected chi connectivity index (χ2v) is 10.4. The minimum Gasteiger partial charge on any atom is -0.356 e. The molecule has 0 radical (unpaired) electrons. The van der Waals surface area contributed by atoms with Gasteiger partial charge in [-0.15, -0.1) is 0 Å². The van der Waals surface area contributed by atoms with Crippen molar-refractivity contribution in [3.63, 3.8) is 0 Å². The Kier molecular flexibility index (Phi) is 15.0. The topological polar surface area (TPSA) is 58.2 Å². The van der Waals surface area contributed by atoms with Gasteiger partial charge in [-0.2, -0.15) is 11.8 Å². The van der Waals surface area contributed by atoms with E-state index in [0.29, 0.717) is 19.0 Å². The molecule has 0 saturated heterocycles. The average molecular weight is 415 g/mol. The predicted octanol–water partition coefficient (Wildman–Crippen LogP) is 5.35. The quantitative estimate of drug-likeness (QED) is 0.334. The van der Waals surface area contributed by atoms with E-state index in [1.165, 1.54) is 19.3 Å². The highest BCUT2D eigenvalue weighted by atomic mass is 32.2. The lowest BCUT2D eigenvalue weighted by Crippen LogP contribution is -2.45. The zero-order valence-corrected chi connectivity index (χ0v) is 20.3. The van der Waals surface area contributed by atoms with Gasteiger partial charge in [0.1, 0.15) is 0 Å². The highest BCUT2D eigenvalue weighted by Gasteiger charge is 2.29. The van der Waals surface area contributed by atoms with E-state index in [0.717, 1.165) is 37.4 Å². The summed E-state index contributed by atoms with van der Waals surface area (Å²) < 4.78 is 0. The SMILES string of the molecule is CCCC(CCCCC(=O)NCCCCC(NC(C)C)C(=O)C(C)(C)C)SC. The fraction of sp³-hybridized carbons (Fsp3) is 0.913. The second-order valence-electron chi connectivity index (χ2n) is 9.23. The molecule has 28 heavy (non-hydrogen) atoms. The monoisotopic (exact) mass is 414 g/mol. The molecule has 5 heteroatoms. The largest absolute Gasteiger partial charge is 0.356 e. The summed E-state index contributed by atoms with van der Waals surface area (Å²) in [7, 11) is 0. The maximum Gasteiger partial charge on any atom is 0.219 e. The Morgan fingerprint density at radius 1 is 0.964 bits per heavy atom. The van der Waals surface area contributed by atoms with E-state index in [9.17, 15) is 9.59 Å². The highest BCUT2D eigenvalue weighted by Crippen LogP contribution is 2.20. The minimum atomic E-state index is -0.326. The van der Waals surface area contributed by atoms with Gasteiger partial charge < -0.3 is 10.6 Å². The summed E-state index contributed by atoms with van der Waals surface area (Å²) in [5.41, 5.74) is -0.326. The smallest absolute Gasteiger partial charge is 0.219 e. The fourth-order valence-corrected chi connectivity index (χ4v) is 4.24. The molecule has 166 valence electrons. The molecule has 0 aliphatic carbocycles. The molecule has 1 amide bonds. The zero-order chi connectivity index (χ0) is 21.6. The Labute approximate surface area is 178 Å². The molecule has 0 bridgehead atoms. The molecule has 0 aliphatic heterocycles. The third kappa shape index (κ3) is 13.6. The summed E-state index contributed by atoms with van der Waals surface area (Å²) >= 11 is 1.95. The van der Waals surface area contributed by atoms with Crippen LogP contribution in [0.25, 0.3) is 0 Å². The van der Waals surface area contributed by atoms with Gasteiger partial charge in [-0.3, -0.25) is 9.59 Å². The van der Waals surface area contributed by atoms with E-state index in [1.54, 1.807) is 0 Å². The van der Waals surface area contributed by atoms with Gasteiger partial charge in [0.15, 0.2) is 5.78 Å². The number of carbonyl (C=O) groups excluding carboxylic acids is 2. The van der Waals surface area contributed by atoms with Crippen LogP contribution in [0.2, 0.25) is 0 Å². The van der Waals surface area contributed by atoms with Gasteiger partial charge in [0.25, 0.3) is 0 Å². The summed E-state index contributed by atoms with van der Waals surface area (Å²) in [5, 5.41) is 7.19. The standard InChI is InChI=1S/C23H46N2O2S/c1-8-13-19(28-7)14-9-10-16-21(26)24-17-12-11-15-20(25-18(2)3)22(27)23(4,5)6/h18-20,25H,8-17H2,1-7H3,(H,24,26). The van der Waals surface area contributed by atoms with Crippen LogP contribution in [0.4, 0.5) is 0 Å². The first kappa shape index (κ1) is 27.5. The molecule has 0 heterocycles. The first-order valence-electron chi connectivity index (χ1n) is 11.2. The van der Waals surface area contributed by atoms with Crippen LogP contribution in [0.1, 0.15) is 99.3 Å². The van der Waals surface area contributed by atoms with Crippen LogP contribution in [-0.2, 0) is 9.59 Å². The van der Waals surface area contributed by atoms with Crippen LogP contribution < -0.4 is 10.6 Å². The number of amides is 1. The van der Waals surface area contributed by atoms with Gasteiger partial charge in [-0.05, 0) is 44.8 Å². The maximum atomic E-state index is 12.6. The van der Waals surface area contributed by atoms with E-state index in [-0.39, 0.29) is 23.1 Å². The number of Topliss-reactive ketones (excluding diaryl/α,β-unsaturated/α-hetero) is 1. The normalized spacial score (nSPS) is 14.1. The highest BCUT2D eigenvalue weighted by molar-refractivity contribution is 7.99. The Hall–Kier alpha value is -0.550. The van der Waals surface area contributed by atoms with Crippen molar-refractivity contribution in [1.29, 1.82) is 0 Å². The Bertz CT molecular complexity index is 433. The van der Waals surface area contributed by atoms with Gasteiger partial charge in [0, 0.05) is 29.7 Å². The zero-order valence-electron chi connectivity index (χ0n) is 19.5. The minimum absolute atomic E-state index is 0.0943. The van der Waals surface area contributed by atoms with Crippen LogP contribution in [0.5, 0.6) is 0 Å². The molecule has 4 nitrogen and oxygen atoms in total. The molecule has 0 saturated carbocycles. The van der Waals surface area contributed by atoms with Crippen molar-refractivity contribution in [3.8, 4) is 0 Å². The van der Waals surface area contributed by atoms with Crippen molar-refractivity contribution in [3.05, 3.63) is 0 Å². The van der Waals surface area contributed by atoms with E-state index in [4.69, 9.17) is 0 Å². The van der Waals surface area contributed by atoms with E-state index in [2.05, 4.69) is 37.7 Å². The summed E-state index contributed by atoms with van der Waals surface area (Å²) in [6, 6.07) is 0.197. The lowest BCUT2D eigenvalue weighted by Gasteiger charge is -2.27. The van der Waals surface area contributed by atoms with Gasteiger partial charge in [0.05, 0.1) is 6.04 Å². The van der Waals surface area contributed by atoms with Crippen molar-refractivity contribution in [2.45, 2.75) is 117 Å². The third-order valence-corrected chi connectivity index (χ3v) is 6.09. The van der Waals surface area contributed by atoms with Crippen LogP contribution in [0.15, 0.2) is 0 Å². The number of hydrogen-bond donors (Lipinski definition) is 2. The molecule has 2 unspecified atom stereocenters. The van der Waals surface area contributed by atoms with Crippen LogP contribution in [-0.4, -0.2) is 41.8 Å². The van der Waals surface area contributed by atoms with Crippen molar-refractivity contribution in [1.82, 2.24) is 10.6 Å². The number of rotatable bonds is 16. The number of carbonyl (C=O) groups is 2. The van der Waals surface area contributed by atoms with Crippen LogP contribution >= 0.6 is 11.8 Å². The van der Waals surface area contributed by atoms with Crippen molar-refractivity contribution < 1.29 is 9.59 Å². The molecular weight excluding hydrogens is 368 g/mol. The van der Waals surface area contributed by atoms with Crippen molar-refractivity contribution in [2.24, 2.45) is 5.41 Å². The molecule has 0 rings (SSSR count). The molecule has 0 aliphatic rings. The molecule has 0 aromatic heterocycles. The van der Waals surface area contributed by atoms with Gasteiger partial charge in [-0.25, -0.2) is 0 Å². The number of nitrogens with one attached hydrogen (secondary N) is 2. The number of ketones is 1. The Morgan fingerprint density at radius 2 is 1.61 bits per heavy atom. The van der Waals surface area contributed by atoms with Gasteiger partial charge >= 0.3 is 0 Å². The number of unbranched alkanes of at least 4 members (excludes halogenated alkanes) is 2. The number of thioether (sulfide) groups is 1. The predicted molar refractivity (Wildman–Crippen MR) is 124 cm³/mol. The summed E-state index contributed by atoms with van der Waals surface area (Å²) in [6.45, 7) is 13.0. The molecule has 2 atom stereocenters. The van der Waals surface area contributed by atoms with Crippen LogP contribution in [0, 0.1) is 5.41 Å². The molecule has 2 N–H and O–H groups in total. The summed E-state index contributed by atoms with van der Waals surface area (Å²) in [6.07, 6.45) is 11.4. The lowest BCUT2D eigenvalue weighted by molar-refractivity contribution is -0.129. The van der Waals surface area contributed by atoms with E-state index >= 15 is 0 Å². The van der Waals surface area contributed by atoms with E-state index < -0.39 is 0 Å². The molecule has 0 aromatic carbocycles. The molecular formula is C23H46N2O2S. The first-order valence-corrected chi connectivity index (χ1v) is 12.5. The van der Waals surface area contributed by atoms with Crippen molar-refractivity contribution >= 4 is 23.5 Å². The number of hydrogen-bond acceptors (Lipinski definition) is 4. The van der Waals surface area contributed by atoms with Gasteiger partial charge in [0.2, 0.25) is 5.91 Å².